The van der Waals surface area contributed by atoms with Gasteiger partial charge in [-0.25, -0.2) is 9.18 Å². The van der Waals surface area contributed by atoms with Crippen molar-refractivity contribution in [1.82, 2.24) is 15.1 Å². The minimum Gasteiger partial charge on any atom is -0.348 e. The molecule has 1 N–H and O–H groups in total. The maximum atomic E-state index is 14.2. The summed E-state index contributed by atoms with van der Waals surface area (Å²) in [6.45, 7) is 3.37. The van der Waals surface area contributed by atoms with Gasteiger partial charge in [-0.1, -0.05) is 36.4 Å². The number of nitrogens with zero attached hydrogens (tertiary/aromatic N) is 6. The highest BCUT2D eigenvalue weighted by atomic mass is 35.5. The van der Waals surface area contributed by atoms with E-state index in [-0.39, 0.29) is 29.7 Å². The van der Waals surface area contributed by atoms with E-state index >= 15 is 0 Å². The van der Waals surface area contributed by atoms with Crippen LogP contribution in [-0.2, 0) is 0 Å². The summed E-state index contributed by atoms with van der Waals surface area (Å²) in [5.41, 5.74) is 2.42. The number of hydrogen-bond acceptors (Lipinski definition) is 6. The molecule has 3 aromatic carbocycles. The van der Waals surface area contributed by atoms with E-state index in [1.54, 1.807) is 17.0 Å². The van der Waals surface area contributed by atoms with Crippen LogP contribution in [0.1, 0.15) is 18.1 Å². The lowest BCUT2D eigenvalue weighted by Crippen LogP contribution is -2.55. The van der Waals surface area contributed by atoms with Gasteiger partial charge in [-0.2, -0.15) is 10.5 Å². The number of piperazine rings is 1. The van der Waals surface area contributed by atoms with Crippen molar-refractivity contribution in [1.29, 1.82) is 10.5 Å². The molecule has 4 aromatic rings. The topological polar surface area (TPSA) is 109 Å². The van der Waals surface area contributed by atoms with Gasteiger partial charge in [0.1, 0.15) is 11.5 Å². The SMILES string of the molecule is C[C@H]1CN(C(=O)Nc2ccc(C#N)cc2F)CCN1c1nnc(-c2ccc(C#N)cc2)c2ccccc12.Cl. The second-order valence-electron chi connectivity index (χ2n) is 8.83. The fourth-order valence-corrected chi connectivity index (χ4v) is 4.55. The molecule has 0 spiro atoms. The van der Waals surface area contributed by atoms with Gasteiger partial charge in [-0.15, -0.1) is 22.6 Å². The smallest absolute Gasteiger partial charge is 0.322 e. The Bertz CT molecular complexity index is 1580. The monoisotopic (exact) mass is 527 g/mol. The zero-order valence-electron chi connectivity index (χ0n) is 20.4. The quantitative estimate of drug-likeness (QED) is 0.385. The first-order chi connectivity index (χ1) is 18.0. The van der Waals surface area contributed by atoms with Crippen molar-refractivity contribution in [3.05, 3.63) is 83.7 Å². The highest BCUT2D eigenvalue weighted by Crippen LogP contribution is 2.33. The lowest BCUT2D eigenvalue weighted by Gasteiger charge is -2.40. The summed E-state index contributed by atoms with van der Waals surface area (Å²) < 4.78 is 14.2. The van der Waals surface area contributed by atoms with Crippen LogP contribution in [0.4, 0.5) is 20.7 Å². The van der Waals surface area contributed by atoms with Crippen LogP contribution in [-0.4, -0.2) is 46.8 Å². The van der Waals surface area contributed by atoms with Crippen molar-refractivity contribution in [3.8, 4) is 23.4 Å². The number of hydrogen-bond donors (Lipinski definition) is 1. The van der Waals surface area contributed by atoms with Crippen molar-refractivity contribution >= 4 is 40.7 Å². The molecule has 10 heteroatoms. The zero-order chi connectivity index (χ0) is 25.9. The lowest BCUT2D eigenvalue weighted by molar-refractivity contribution is 0.200. The molecule has 8 nitrogen and oxygen atoms in total. The van der Waals surface area contributed by atoms with Crippen LogP contribution < -0.4 is 10.2 Å². The summed E-state index contributed by atoms with van der Waals surface area (Å²) in [5, 5.41) is 31.6. The first-order valence-corrected chi connectivity index (χ1v) is 11.8. The molecular weight excluding hydrogens is 505 g/mol. The maximum Gasteiger partial charge on any atom is 0.322 e. The maximum absolute atomic E-state index is 14.2. The van der Waals surface area contributed by atoms with E-state index in [1.807, 2.05) is 49.4 Å². The number of fused-ring (bicyclic) bond motifs is 1. The molecule has 5 rings (SSSR count). The predicted molar refractivity (Wildman–Crippen MR) is 145 cm³/mol. The van der Waals surface area contributed by atoms with E-state index in [2.05, 4.69) is 26.5 Å². The molecule has 190 valence electrons. The molecule has 2 heterocycles. The minimum absolute atomic E-state index is 0. The standard InChI is InChI=1S/C28H22FN7O.ClH/c1-18-17-35(28(37)32-25-11-8-20(16-31)14-24(25)29)12-13-36(18)27-23-5-3-2-4-22(23)26(33-34-27)21-9-6-19(15-30)7-10-21;/h2-11,14,18H,12-13,17H2,1H3,(H,32,37);1H/t18-;/m0./s1. The van der Waals surface area contributed by atoms with Crippen molar-refractivity contribution in [2.75, 3.05) is 29.9 Å². The Hall–Kier alpha value is -4.73. The van der Waals surface area contributed by atoms with Gasteiger partial charge in [0.15, 0.2) is 5.82 Å². The number of benzene rings is 3. The molecule has 0 aliphatic carbocycles. The molecule has 38 heavy (non-hydrogen) atoms. The number of anilines is 2. The first-order valence-electron chi connectivity index (χ1n) is 11.8. The van der Waals surface area contributed by atoms with Crippen LogP contribution in [0.2, 0.25) is 0 Å². The van der Waals surface area contributed by atoms with Crippen LogP contribution in [0.25, 0.3) is 22.0 Å². The highest BCUT2D eigenvalue weighted by molar-refractivity contribution is 6.00. The summed E-state index contributed by atoms with van der Waals surface area (Å²) in [5.74, 6) is 0.0851. The molecule has 2 amide bonds. The Labute approximate surface area is 225 Å². The van der Waals surface area contributed by atoms with Crippen LogP contribution in [0.3, 0.4) is 0 Å². The fourth-order valence-electron chi connectivity index (χ4n) is 4.55. The zero-order valence-corrected chi connectivity index (χ0v) is 21.2. The van der Waals surface area contributed by atoms with E-state index in [4.69, 9.17) is 10.5 Å². The van der Waals surface area contributed by atoms with E-state index in [1.165, 1.54) is 12.1 Å². The number of urea groups is 1. The average molecular weight is 528 g/mol. The molecule has 0 saturated carbocycles. The largest absolute Gasteiger partial charge is 0.348 e. The molecule has 0 unspecified atom stereocenters. The molecule has 0 bridgehead atoms. The van der Waals surface area contributed by atoms with Gasteiger partial charge in [0.05, 0.1) is 29.0 Å². The molecule has 1 atom stereocenters. The Kier molecular flexibility index (Phi) is 7.71. The fraction of sp³-hybridized carbons (Fsp3) is 0.179. The van der Waals surface area contributed by atoms with E-state index in [0.717, 1.165) is 33.9 Å². The number of nitrogens with one attached hydrogen (secondary N) is 1. The van der Waals surface area contributed by atoms with Crippen LogP contribution in [0.15, 0.2) is 66.7 Å². The lowest BCUT2D eigenvalue weighted by atomic mass is 10.0. The number of rotatable bonds is 3. The molecule has 1 fully saturated rings. The third-order valence-corrected chi connectivity index (χ3v) is 6.48. The summed E-state index contributed by atoms with van der Waals surface area (Å²) in [6, 6.07) is 22.7. The van der Waals surface area contributed by atoms with Gasteiger partial charge in [0.2, 0.25) is 0 Å². The molecule has 0 radical (unpaired) electrons. The second-order valence-corrected chi connectivity index (χ2v) is 8.83. The average Bonchev–Trinajstić information content (AvgIpc) is 2.93. The third kappa shape index (κ3) is 5.06. The summed E-state index contributed by atoms with van der Waals surface area (Å²) in [7, 11) is 0. The van der Waals surface area contributed by atoms with Gasteiger partial charge in [0.25, 0.3) is 0 Å². The highest BCUT2D eigenvalue weighted by Gasteiger charge is 2.29. The molecule has 1 saturated heterocycles. The van der Waals surface area contributed by atoms with Gasteiger partial charge in [0, 0.05) is 42.0 Å². The number of carbonyl (C=O) groups is 1. The Morgan fingerprint density at radius 2 is 1.66 bits per heavy atom. The predicted octanol–water partition coefficient (Wildman–Crippen LogP) is 5.34. The summed E-state index contributed by atoms with van der Waals surface area (Å²) >= 11 is 0. The number of amides is 2. The second kappa shape index (κ2) is 11.1. The van der Waals surface area contributed by atoms with Gasteiger partial charge >= 0.3 is 6.03 Å². The van der Waals surface area contributed by atoms with E-state index in [0.29, 0.717) is 25.2 Å². The van der Waals surface area contributed by atoms with Gasteiger partial charge in [-0.3, -0.25) is 0 Å². The number of carbonyl (C=O) groups excluding carboxylic acids is 1. The van der Waals surface area contributed by atoms with E-state index < -0.39 is 11.8 Å². The number of nitriles is 2. The number of aromatic nitrogens is 2. The van der Waals surface area contributed by atoms with Crippen LogP contribution in [0.5, 0.6) is 0 Å². The Morgan fingerprint density at radius 3 is 2.32 bits per heavy atom. The molecule has 1 aliphatic heterocycles. The van der Waals surface area contributed by atoms with Crippen LogP contribution in [0, 0.1) is 28.5 Å². The van der Waals surface area contributed by atoms with Crippen LogP contribution >= 0.6 is 12.4 Å². The molecule has 1 aromatic heterocycles. The molecular formula is C28H23ClFN7O. The van der Waals surface area contributed by atoms with Crippen molar-refractivity contribution in [2.45, 2.75) is 13.0 Å². The Balaban J connectivity index is 0.00000336. The Morgan fingerprint density at radius 1 is 0.974 bits per heavy atom. The van der Waals surface area contributed by atoms with Crippen molar-refractivity contribution < 1.29 is 9.18 Å². The normalized spacial score (nSPS) is 14.8. The van der Waals surface area contributed by atoms with Gasteiger partial charge in [-0.05, 0) is 37.3 Å². The number of halogens is 2. The van der Waals surface area contributed by atoms with Crippen molar-refractivity contribution in [2.24, 2.45) is 0 Å². The van der Waals surface area contributed by atoms with Crippen molar-refractivity contribution in [3.63, 3.8) is 0 Å². The molecule has 1 aliphatic rings. The van der Waals surface area contributed by atoms with E-state index in [9.17, 15) is 9.18 Å². The summed E-state index contributed by atoms with van der Waals surface area (Å²) in [6.07, 6.45) is 0. The minimum atomic E-state index is -0.650. The first kappa shape index (κ1) is 26.3. The third-order valence-electron chi connectivity index (χ3n) is 6.48. The summed E-state index contributed by atoms with van der Waals surface area (Å²) in [4.78, 5) is 16.6. The van der Waals surface area contributed by atoms with Gasteiger partial charge < -0.3 is 15.1 Å².